The third-order valence-electron chi connectivity index (χ3n) is 7.44. The van der Waals surface area contributed by atoms with Gasteiger partial charge in [-0.1, -0.05) is 57.2 Å². The first kappa shape index (κ1) is 34.5. The first-order chi connectivity index (χ1) is 23.5. The summed E-state index contributed by atoms with van der Waals surface area (Å²) in [4.78, 5) is 13.8. The molecule has 49 heavy (non-hydrogen) atoms. The van der Waals surface area contributed by atoms with Crippen LogP contribution in [0.15, 0.2) is 127 Å². The third kappa shape index (κ3) is 8.45. The Bertz CT molecular complexity index is 2100. The molecule has 0 saturated heterocycles. The van der Waals surface area contributed by atoms with Crippen molar-refractivity contribution in [3.05, 3.63) is 162 Å². The molecule has 6 aromatic carbocycles. The van der Waals surface area contributed by atoms with Crippen LogP contribution in [0.25, 0.3) is 62.4 Å². The van der Waals surface area contributed by atoms with Crippen LogP contribution >= 0.6 is 34.0 Å². The minimum Gasteiger partial charge on any atom is -0.285 e. The van der Waals surface area contributed by atoms with E-state index in [1.54, 1.807) is 34.0 Å². The van der Waals surface area contributed by atoms with Crippen molar-refractivity contribution >= 4 is 64.7 Å². The maximum absolute atomic E-state index is 4.61. The predicted octanol–water partition coefficient (Wildman–Crippen LogP) is 12.2. The van der Waals surface area contributed by atoms with Gasteiger partial charge in [0, 0.05) is 29.1 Å². The van der Waals surface area contributed by atoms with Crippen molar-refractivity contribution in [3.63, 3.8) is 0 Å². The van der Waals surface area contributed by atoms with Gasteiger partial charge in [-0.3, -0.25) is 15.0 Å². The number of para-hydroxylation sites is 3. The Morgan fingerprint density at radius 2 is 0.694 bits per heavy atom. The summed E-state index contributed by atoms with van der Waals surface area (Å²) in [6.07, 6.45) is 0. The summed E-state index contributed by atoms with van der Waals surface area (Å²) in [5, 5.41) is 3.14. The van der Waals surface area contributed by atoms with Crippen LogP contribution in [0.1, 0.15) is 16.7 Å². The van der Waals surface area contributed by atoms with E-state index in [2.05, 4.69) is 109 Å². The molecule has 7 heteroatoms. The van der Waals surface area contributed by atoms with Crippen molar-refractivity contribution in [1.29, 1.82) is 0 Å². The predicted molar refractivity (Wildman–Crippen MR) is 206 cm³/mol. The van der Waals surface area contributed by atoms with Crippen LogP contribution in [-0.4, -0.2) is 15.0 Å². The number of nitrogens with zero attached hydrogens (tertiary/aromatic N) is 3. The molecule has 0 N–H and O–H groups in total. The first-order valence-corrected chi connectivity index (χ1v) is 18.0. The summed E-state index contributed by atoms with van der Waals surface area (Å²) in [5.74, 6) is 0. The Kier molecular flexibility index (Phi) is 11.2. The molecular formula is C42H30IrN3S3. The molecule has 0 spiro atoms. The average molecular weight is 865 g/mol. The molecule has 9 aromatic rings. The van der Waals surface area contributed by atoms with E-state index in [1.165, 1.54) is 30.8 Å². The Balaban J connectivity index is 0.000000126. The van der Waals surface area contributed by atoms with Crippen molar-refractivity contribution in [1.82, 2.24) is 15.0 Å². The molecule has 0 fully saturated rings. The Morgan fingerprint density at radius 3 is 0.959 bits per heavy atom. The standard InChI is InChI=1S/3C14H10NS.Ir/c3*1-10-5-4-6-11(9-10)14-15-12-7-2-3-8-13(12)16-14;/h3*2-5,7-9H,1H3;/q3*-1;+3. The third-order valence-corrected chi connectivity index (χ3v) is 10.7. The Labute approximate surface area is 312 Å². The number of hydrogen-bond acceptors (Lipinski definition) is 6. The molecule has 0 aliphatic rings. The SMILES string of the molecule is Cc1cc[c-]c(-c2nc3ccccc3s2)c1.Cc1cc[c-]c(-c2nc3ccccc3s2)c1.Cc1cc[c-]c(-c2nc3ccccc3s2)c1.[Ir+3]. The normalized spacial score (nSPS) is 10.6. The van der Waals surface area contributed by atoms with Crippen LogP contribution in [0.4, 0.5) is 0 Å². The van der Waals surface area contributed by atoms with E-state index >= 15 is 0 Å². The van der Waals surface area contributed by atoms with Crippen molar-refractivity contribution in [3.8, 4) is 31.7 Å². The number of hydrogen-bond donors (Lipinski definition) is 0. The maximum atomic E-state index is 4.61. The van der Waals surface area contributed by atoms with Crippen molar-refractivity contribution in [2.24, 2.45) is 0 Å². The fourth-order valence-corrected chi connectivity index (χ4v) is 7.91. The summed E-state index contributed by atoms with van der Waals surface area (Å²) in [6.45, 7) is 6.26. The molecular weight excluding hydrogens is 835 g/mol. The molecule has 0 radical (unpaired) electrons. The zero-order valence-corrected chi connectivity index (χ0v) is 31.9. The zero-order valence-electron chi connectivity index (χ0n) is 27.0. The van der Waals surface area contributed by atoms with Crippen LogP contribution in [-0.2, 0) is 20.1 Å². The van der Waals surface area contributed by atoms with Crippen molar-refractivity contribution in [2.45, 2.75) is 20.8 Å². The minimum absolute atomic E-state index is 0. The molecule has 9 rings (SSSR count). The summed E-state index contributed by atoms with van der Waals surface area (Å²) in [5.41, 5.74) is 10.2. The molecule has 3 nitrogen and oxygen atoms in total. The second-order valence-electron chi connectivity index (χ2n) is 11.3. The van der Waals surface area contributed by atoms with E-state index in [-0.39, 0.29) is 20.1 Å². The summed E-state index contributed by atoms with van der Waals surface area (Å²) in [7, 11) is 0. The van der Waals surface area contributed by atoms with Gasteiger partial charge >= 0.3 is 20.1 Å². The van der Waals surface area contributed by atoms with Gasteiger partial charge in [0.2, 0.25) is 0 Å². The number of aryl methyl sites for hydroxylation is 3. The summed E-state index contributed by atoms with van der Waals surface area (Å²) < 4.78 is 3.69. The van der Waals surface area contributed by atoms with Gasteiger partial charge in [-0.05, 0) is 36.4 Å². The number of aromatic nitrogens is 3. The molecule has 0 aliphatic heterocycles. The molecule has 0 unspecified atom stereocenters. The van der Waals surface area contributed by atoms with Gasteiger partial charge in [-0.2, -0.15) is 34.0 Å². The van der Waals surface area contributed by atoms with E-state index in [1.807, 2.05) is 72.8 Å². The molecule has 0 amide bonds. The van der Waals surface area contributed by atoms with Gasteiger partial charge in [0.25, 0.3) is 0 Å². The maximum Gasteiger partial charge on any atom is 3.00 e. The quantitative estimate of drug-likeness (QED) is 0.166. The largest absolute Gasteiger partial charge is 3.00 e. The van der Waals surface area contributed by atoms with Crippen LogP contribution in [0.3, 0.4) is 0 Å². The smallest absolute Gasteiger partial charge is 0.285 e. The van der Waals surface area contributed by atoms with Crippen LogP contribution in [0.2, 0.25) is 0 Å². The fourth-order valence-electron chi connectivity index (χ4n) is 5.07. The monoisotopic (exact) mass is 865 g/mol. The molecule has 0 atom stereocenters. The van der Waals surface area contributed by atoms with Crippen LogP contribution < -0.4 is 0 Å². The van der Waals surface area contributed by atoms with E-state index in [0.29, 0.717) is 0 Å². The number of rotatable bonds is 3. The second kappa shape index (κ2) is 15.9. The van der Waals surface area contributed by atoms with Crippen LogP contribution in [0, 0.1) is 39.0 Å². The first-order valence-electron chi connectivity index (χ1n) is 15.5. The van der Waals surface area contributed by atoms with Crippen molar-refractivity contribution < 1.29 is 20.1 Å². The van der Waals surface area contributed by atoms with Crippen molar-refractivity contribution in [2.75, 3.05) is 0 Å². The molecule has 0 saturated carbocycles. The fraction of sp³-hybridized carbons (Fsp3) is 0.0714. The molecule has 0 aliphatic carbocycles. The van der Waals surface area contributed by atoms with Gasteiger partial charge in [-0.15, -0.1) is 106 Å². The number of fused-ring (bicyclic) bond motifs is 3. The van der Waals surface area contributed by atoms with Gasteiger partial charge in [0.05, 0.1) is 16.6 Å². The van der Waals surface area contributed by atoms with E-state index in [0.717, 1.165) is 48.3 Å². The average Bonchev–Trinajstić information content (AvgIpc) is 3.86. The zero-order chi connectivity index (χ0) is 32.9. The topological polar surface area (TPSA) is 38.7 Å². The number of benzene rings is 6. The van der Waals surface area contributed by atoms with Gasteiger partial charge in [-0.25, -0.2) is 0 Å². The molecule has 0 bridgehead atoms. The van der Waals surface area contributed by atoms with E-state index < -0.39 is 0 Å². The molecule has 3 heterocycles. The van der Waals surface area contributed by atoms with E-state index in [9.17, 15) is 0 Å². The Hall–Kier alpha value is -4.36. The number of thiazole rings is 3. The molecule has 240 valence electrons. The minimum atomic E-state index is 0. The summed E-state index contributed by atoms with van der Waals surface area (Å²) in [6, 6.07) is 52.7. The summed E-state index contributed by atoms with van der Waals surface area (Å²) >= 11 is 5.15. The second-order valence-corrected chi connectivity index (χ2v) is 14.4. The van der Waals surface area contributed by atoms with Gasteiger partial charge < -0.3 is 0 Å². The van der Waals surface area contributed by atoms with Gasteiger partial charge in [0.1, 0.15) is 0 Å². The Morgan fingerprint density at radius 1 is 0.408 bits per heavy atom. The van der Waals surface area contributed by atoms with E-state index in [4.69, 9.17) is 0 Å². The molecule has 3 aromatic heterocycles. The van der Waals surface area contributed by atoms with Crippen LogP contribution in [0.5, 0.6) is 0 Å². The van der Waals surface area contributed by atoms with Gasteiger partial charge in [0.15, 0.2) is 0 Å².